The second kappa shape index (κ2) is 9.32. The lowest BCUT2D eigenvalue weighted by Crippen LogP contribution is -2.10. The molecule has 1 heterocycles. The highest BCUT2D eigenvalue weighted by atomic mass is 35.5. The number of anilines is 1. The van der Waals surface area contributed by atoms with Gasteiger partial charge < -0.3 is 10.1 Å². The van der Waals surface area contributed by atoms with E-state index in [-0.39, 0.29) is 12.4 Å². The van der Waals surface area contributed by atoms with Gasteiger partial charge in [-0.1, -0.05) is 54.3 Å². The molecule has 0 radical (unpaired) electrons. The molecule has 0 spiro atoms. The van der Waals surface area contributed by atoms with Crippen LogP contribution in [0.15, 0.2) is 42.5 Å². The first-order valence-electron chi connectivity index (χ1n) is 8.82. The average molecular weight is 390 g/mol. The normalized spacial score (nSPS) is 10.8. The summed E-state index contributed by atoms with van der Waals surface area (Å²) in [5.74, 6) is 0.979. The van der Waals surface area contributed by atoms with Gasteiger partial charge in [-0.25, -0.2) is 9.07 Å². The largest absolute Gasteiger partial charge is 0.488 e. The van der Waals surface area contributed by atoms with Crippen LogP contribution in [0.4, 0.5) is 10.3 Å². The SMILES string of the molecule is CCCCn1nnnc1NCc1ccccc1OCc1ccc(F)cc1Cl. The van der Waals surface area contributed by atoms with Gasteiger partial charge in [-0.2, -0.15) is 0 Å². The molecule has 0 aliphatic rings. The van der Waals surface area contributed by atoms with E-state index < -0.39 is 0 Å². The van der Waals surface area contributed by atoms with Gasteiger partial charge in [0.15, 0.2) is 0 Å². The Hall–Kier alpha value is -2.67. The molecule has 0 unspecified atom stereocenters. The first kappa shape index (κ1) is 19.1. The molecule has 27 heavy (non-hydrogen) atoms. The monoisotopic (exact) mass is 389 g/mol. The number of hydrogen-bond acceptors (Lipinski definition) is 5. The van der Waals surface area contributed by atoms with Crippen LogP contribution in [0.2, 0.25) is 5.02 Å². The fourth-order valence-electron chi connectivity index (χ4n) is 2.55. The molecule has 0 amide bonds. The van der Waals surface area contributed by atoms with Gasteiger partial charge in [-0.15, -0.1) is 0 Å². The topological polar surface area (TPSA) is 64.9 Å². The molecule has 3 rings (SSSR count). The van der Waals surface area contributed by atoms with Crippen molar-refractivity contribution in [3.05, 3.63) is 64.4 Å². The highest BCUT2D eigenvalue weighted by Crippen LogP contribution is 2.23. The number of benzene rings is 2. The smallest absolute Gasteiger partial charge is 0.243 e. The Morgan fingerprint density at radius 1 is 1.19 bits per heavy atom. The van der Waals surface area contributed by atoms with E-state index in [2.05, 4.69) is 27.8 Å². The molecule has 1 N–H and O–H groups in total. The van der Waals surface area contributed by atoms with E-state index in [1.165, 1.54) is 12.1 Å². The zero-order chi connectivity index (χ0) is 19.1. The van der Waals surface area contributed by atoms with Crippen molar-refractivity contribution in [1.82, 2.24) is 20.2 Å². The maximum absolute atomic E-state index is 13.2. The quantitative estimate of drug-likeness (QED) is 0.585. The predicted molar refractivity (Wildman–Crippen MR) is 102 cm³/mol. The number of nitrogens with zero attached hydrogens (tertiary/aromatic N) is 4. The summed E-state index contributed by atoms with van der Waals surface area (Å²) in [6.07, 6.45) is 2.08. The molecule has 8 heteroatoms. The number of aryl methyl sites for hydroxylation is 1. The third-order valence-corrected chi connectivity index (χ3v) is 4.42. The molecule has 2 aromatic carbocycles. The van der Waals surface area contributed by atoms with Gasteiger partial charge in [-0.3, -0.25) is 0 Å². The van der Waals surface area contributed by atoms with Crippen molar-refractivity contribution in [2.45, 2.75) is 39.5 Å². The number of para-hydroxylation sites is 1. The van der Waals surface area contributed by atoms with E-state index in [9.17, 15) is 4.39 Å². The predicted octanol–water partition coefficient (Wildman–Crippen LogP) is 4.46. The average Bonchev–Trinajstić information content (AvgIpc) is 3.12. The van der Waals surface area contributed by atoms with Gasteiger partial charge in [0.05, 0.1) is 5.02 Å². The Morgan fingerprint density at radius 3 is 2.85 bits per heavy atom. The van der Waals surface area contributed by atoms with Crippen LogP contribution in [-0.2, 0) is 19.7 Å². The van der Waals surface area contributed by atoms with Crippen LogP contribution >= 0.6 is 11.6 Å². The molecule has 0 saturated carbocycles. The summed E-state index contributed by atoms with van der Waals surface area (Å²) in [7, 11) is 0. The molecule has 0 bridgehead atoms. The molecule has 0 aliphatic carbocycles. The van der Waals surface area contributed by atoms with Crippen molar-refractivity contribution in [3.8, 4) is 5.75 Å². The van der Waals surface area contributed by atoms with Crippen molar-refractivity contribution in [2.75, 3.05) is 5.32 Å². The van der Waals surface area contributed by atoms with Crippen molar-refractivity contribution in [3.63, 3.8) is 0 Å². The van der Waals surface area contributed by atoms with E-state index in [4.69, 9.17) is 16.3 Å². The summed E-state index contributed by atoms with van der Waals surface area (Å²) in [6.45, 7) is 3.66. The van der Waals surface area contributed by atoms with Gasteiger partial charge >= 0.3 is 0 Å². The zero-order valence-corrected chi connectivity index (χ0v) is 15.8. The second-order valence-corrected chi connectivity index (χ2v) is 6.47. The van der Waals surface area contributed by atoms with Crippen LogP contribution in [0.1, 0.15) is 30.9 Å². The minimum atomic E-state index is -0.367. The third kappa shape index (κ3) is 5.17. The number of rotatable bonds is 9. The molecular formula is C19H21ClFN5O. The first-order chi connectivity index (χ1) is 13.2. The van der Waals surface area contributed by atoms with Crippen molar-refractivity contribution >= 4 is 17.5 Å². The van der Waals surface area contributed by atoms with Crippen molar-refractivity contribution in [2.24, 2.45) is 0 Å². The number of unbranched alkanes of at least 4 members (excludes halogenated alkanes) is 1. The molecule has 3 aromatic rings. The zero-order valence-electron chi connectivity index (χ0n) is 15.0. The standard InChI is InChI=1S/C19H21ClFN5O/c1-2-3-10-26-19(23-24-25-26)22-12-14-6-4-5-7-18(14)27-13-15-8-9-16(21)11-17(15)20/h4-9,11H,2-3,10,12-13H2,1H3,(H,22,23,25). The molecule has 0 atom stereocenters. The maximum atomic E-state index is 13.2. The molecule has 0 saturated heterocycles. The Labute approximate surface area is 162 Å². The Morgan fingerprint density at radius 2 is 2.04 bits per heavy atom. The highest BCUT2D eigenvalue weighted by Gasteiger charge is 2.09. The van der Waals surface area contributed by atoms with Gasteiger partial charge in [0, 0.05) is 24.2 Å². The fourth-order valence-corrected chi connectivity index (χ4v) is 2.77. The van der Waals surface area contributed by atoms with Crippen LogP contribution in [0.5, 0.6) is 5.75 Å². The van der Waals surface area contributed by atoms with Gasteiger partial charge in [-0.05, 0) is 35.0 Å². The molecule has 142 valence electrons. The lowest BCUT2D eigenvalue weighted by atomic mass is 10.2. The lowest BCUT2D eigenvalue weighted by molar-refractivity contribution is 0.303. The number of aromatic nitrogens is 4. The van der Waals surface area contributed by atoms with Crippen LogP contribution in [0, 0.1) is 5.82 Å². The van der Waals surface area contributed by atoms with Crippen LogP contribution in [0.3, 0.4) is 0 Å². The summed E-state index contributed by atoms with van der Waals surface area (Å²) < 4.78 is 20.8. The number of tetrazole rings is 1. The van der Waals surface area contributed by atoms with Gasteiger partial charge in [0.25, 0.3) is 0 Å². The number of ether oxygens (including phenoxy) is 1. The molecule has 0 aliphatic heterocycles. The van der Waals surface area contributed by atoms with Crippen LogP contribution in [-0.4, -0.2) is 20.2 Å². The minimum Gasteiger partial charge on any atom is -0.488 e. The lowest BCUT2D eigenvalue weighted by Gasteiger charge is -2.13. The molecule has 0 fully saturated rings. The summed E-state index contributed by atoms with van der Waals surface area (Å²) in [5, 5.41) is 15.3. The van der Waals surface area contributed by atoms with Gasteiger partial charge in [0.2, 0.25) is 5.95 Å². The second-order valence-electron chi connectivity index (χ2n) is 6.06. The Balaban J connectivity index is 1.65. The molecular weight excluding hydrogens is 369 g/mol. The van der Waals surface area contributed by atoms with E-state index >= 15 is 0 Å². The van der Waals surface area contributed by atoms with Crippen molar-refractivity contribution < 1.29 is 9.13 Å². The van der Waals surface area contributed by atoms with Gasteiger partial charge in [0.1, 0.15) is 18.2 Å². The summed E-state index contributed by atoms with van der Waals surface area (Å²) >= 11 is 6.07. The van der Waals surface area contributed by atoms with Crippen molar-refractivity contribution in [1.29, 1.82) is 0 Å². The fraction of sp³-hybridized carbons (Fsp3) is 0.316. The summed E-state index contributed by atoms with van der Waals surface area (Å²) in [5.41, 5.74) is 1.69. The van der Waals surface area contributed by atoms with E-state index in [1.807, 2.05) is 24.3 Å². The highest BCUT2D eigenvalue weighted by molar-refractivity contribution is 6.31. The summed E-state index contributed by atoms with van der Waals surface area (Å²) in [4.78, 5) is 0. The maximum Gasteiger partial charge on any atom is 0.243 e. The number of hydrogen-bond donors (Lipinski definition) is 1. The number of halogens is 2. The minimum absolute atomic E-state index is 0.254. The van der Waals surface area contributed by atoms with E-state index in [0.717, 1.165) is 36.3 Å². The first-order valence-corrected chi connectivity index (χ1v) is 9.20. The summed E-state index contributed by atoms with van der Waals surface area (Å²) in [6, 6.07) is 12.0. The van der Waals surface area contributed by atoms with E-state index in [0.29, 0.717) is 17.5 Å². The molecule has 1 aromatic heterocycles. The van der Waals surface area contributed by atoms with Crippen LogP contribution in [0.25, 0.3) is 0 Å². The van der Waals surface area contributed by atoms with Crippen LogP contribution < -0.4 is 10.1 Å². The third-order valence-electron chi connectivity index (χ3n) is 4.06. The molecule has 6 nitrogen and oxygen atoms in total. The Kier molecular flexibility index (Phi) is 6.59. The Bertz CT molecular complexity index is 886. The van der Waals surface area contributed by atoms with E-state index in [1.54, 1.807) is 10.7 Å². The number of nitrogens with one attached hydrogen (secondary N) is 1.